The second kappa shape index (κ2) is 3.20. The highest BCUT2D eigenvalue weighted by Gasteiger charge is 2.29. The molecule has 0 aromatic heterocycles. The van der Waals surface area contributed by atoms with E-state index in [0.29, 0.717) is 6.04 Å². The van der Waals surface area contributed by atoms with Crippen LogP contribution in [0.5, 0.6) is 0 Å². The summed E-state index contributed by atoms with van der Waals surface area (Å²) in [5.41, 5.74) is 0. The maximum absolute atomic E-state index is 3.39. The zero-order chi connectivity index (χ0) is 7.56. The van der Waals surface area contributed by atoms with E-state index in [1.165, 1.54) is 6.54 Å². The van der Waals surface area contributed by atoms with E-state index in [-0.39, 0.29) is 0 Å². The van der Waals surface area contributed by atoms with Crippen LogP contribution >= 0.6 is 0 Å². The number of nitrogens with one attached hydrogen (secondary N) is 1. The van der Waals surface area contributed by atoms with Crippen LogP contribution in [0.3, 0.4) is 0 Å². The third-order valence-corrected chi connectivity index (χ3v) is 2.31. The van der Waals surface area contributed by atoms with Crippen molar-refractivity contribution in [1.82, 2.24) is 5.32 Å². The van der Waals surface area contributed by atoms with Gasteiger partial charge in [-0.3, -0.25) is 0 Å². The Bertz CT molecular complexity index is 127. The van der Waals surface area contributed by atoms with Gasteiger partial charge in [-0.05, 0) is 18.8 Å². The van der Waals surface area contributed by atoms with Gasteiger partial charge < -0.3 is 5.32 Å². The highest BCUT2D eigenvalue weighted by Crippen LogP contribution is 2.22. The SMILES string of the molecule is C/C=C\C1NC[C@@H]1C(C)C. The molecule has 0 saturated carbocycles. The van der Waals surface area contributed by atoms with Gasteiger partial charge in [0, 0.05) is 12.6 Å². The molecule has 0 aromatic rings. The van der Waals surface area contributed by atoms with Crippen LogP contribution in [0, 0.1) is 11.8 Å². The Morgan fingerprint density at radius 1 is 1.50 bits per heavy atom. The average molecular weight is 139 g/mol. The molecule has 0 aliphatic carbocycles. The zero-order valence-corrected chi connectivity index (χ0v) is 7.09. The van der Waals surface area contributed by atoms with E-state index < -0.39 is 0 Å². The van der Waals surface area contributed by atoms with E-state index in [9.17, 15) is 0 Å². The van der Waals surface area contributed by atoms with E-state index in [4.69, 9.17) is 0 Å². The van der Waals surface area contributed by atoms with Crippen LogP contribution in [-0.4, -0.2) is 12.6 Å². The lowest BCUT2D eigenvalue weighted by Crippen LogP contribution is -2.53. The molecule has 0 aromatic carbocycles. The first-order valence-corrected chi connectivity index (χ1v) is 4.12. The summed E-state index contributed by atoms with van der Waals surface area (Å²) in [6, 6.07) is 0.657. The quantitative estimate of drug-likeness (QED) is 0.575. The summed E-state index contributed by atoms with van der Waals surface area (Å²) in [6.45, 7) is 7.87. The Kier molecular flexibility index (Phi) is 2.50. The van der Waals surface area contributed by atoms with Crippen LogP contribution in [0.1, 0.15) is 20.8 Å². The maximum atomic E-state index is 3.39. The fourth-order valence-corrected chi connectivity index (χ4v) is 1.46. The molecule has 1 fully saturated rings. The molecule has 0 spiro atoms. The Balaban J connectivity index is 2.35. The fraction of sp³-hybridized carbons (Fsp3) is 0.778. The first kappa shape index (κ1) is 7.80. The summed E-state index contributed by atoms with van der Waals surface area (Å²) >= 11 is 0. The molecule has 0 bridgehead atoms. The maximum Gasteiger partial charge on any atom is 0.0292 e. The molecule has 58 valence electrons. The molecular weight excluding hydrogens is 122 g/mol. The molecule has 1 N–H and O–H groups in total. The number of allylic oxidation sites excluding steroid dienone is 1. The van der Waals surface area contributed by atoms with Crippen molar-refractivity contribution in [2.75, 3.05) is 6.54 Å². The standard InChI is InChI=1S/C9H17N/c1-4-5-9-8(6-10-9)7(2)3/h4-5,7-10H,6H2,1-3H3/b5-4-/t8-,9?/m1/s1. The van der Waals surface area contributed by atoms with Crippen molar-refractivity contribution < 1.29 is 0 Å². The third-order valence-electron chi connectivity index (χ3n) is 2.31. The van der Waals surface area contributed by atoms with Crippen molar-refractivity contribution in [2.45, 2.75) is 26.8 Å². The molecular formula is C9H17N. The van der Waals surface area contributed by atoms with Crippen LogP contribution in [0.15, 0.2) is 12.2 Å². The van der Waals surface area contributed by atoms with Crippen molar-refractivity contribution in [2.24, 2.45) is 11.8 Å². The third kappa shape index (κ3) is 1.40. The molecule has 1 aliphatic heterocycles. The van der Waals surface area contributed by atoms with Gasteiger partial charge in [0.05, 0.1) is 0 Å². The smallest absolute Gasteiger partial charge is 0.0292 e. The van der Waals surface area contributed by atoms with E-state index in [1.54, 1.807) is 0 Å². The highest BCUT2D eigenvalue weighted by atomic mass is 15.0. The zero-order valence-electron chi connectivity index (χ0n) is 7.09. The molecule has 1 nitrogen and oxygen atoms in total. The normalized spacial score (nSPS) is 33.2. The van der Waals surface area contributed by atoms with Crippen LogP contribution in [0.4, 0.5) is 0 Å². The fourth-order valence-electron chi connectivity index (χ4n) is 1.46. The number of hydrogen-bond donors (Lipinski definition) is 1. The Morgan fingerprint density at radius 2 is 2.20 bits per heavy atom. The Morgan fingerprint density at radius 3 is 2.50 bits per heavy atom. The summed E-state index contributed by atoms with van der Waals surface area (Å²) < 4.78 is 0. The summed E-state index contributed by atoms with van der Waals surface area (Å²) in [5.74, 6) is 1.69. The van der Waals surface area contributed by atoms with Gasteiger partial charge in [-0.25, -0.2) is 0 Å². The molecule has 1 unspecified atom stereocenters. The second-order valence-electron chi connectivity index (χ2n) is 3.37. The molecule has 1 heteroatoms. The van der Waals surface area contributed by atoms with Gasteiger partial charge in [0.25, 0.3) is 0 Å². The predicted molar refractivity (Wildman–Crippen MR) is 44.9 cm³/mol. The van der Waals surface area contributed by atoms with Crippen LogP contribution in [0.2, 0.25) is 0 Å². The lowest BCUT2D eigenvalue weighted by Gasteiger charge is -2.39. The second-order valence-corrected chi connectivity index (χ2v) is 3.37. The summed E-state index contributed by atoms with van der Waals surface area (Å²) in [6.07, 6.45) is 4.39. The first-order valence-electron chi connectivity index (χ1n) is 4.12. The molecule has 1 aliphatic rings. The largest absolute Gasteiger partial charge is 0.310 e. The topological polar surface area (TPSA) is 12.0 Å². The lowest BCUT2D eigenvalue weighted by molar-refractivity contribution is 0.209. The molecule has 0 radical (unpaired) electrons. The Hall–Kier alpha value is -0.300. The van der Waals surface area contributed by atoms with E-state index >= 15 is 0 Å². The molecule has 2 atom stereocenters. The van der Waals surface area contributed by atoms with Gasteiger partial charge in [0.1, 0.15) is 0 Å². The van der Waals surface area contributed by atoms with E-state index in [1.807, 2.05) is 0 Å². The van der Waals surface area contributed by atoms with Crippen molar-refractivity contribution in [3.8, 4) is 0 Å². The van der Waals surface area contributed by atoms with Gasteiger partial charge >= 0.3 is 0 Å². The first-order chi connectivity index (χ1) is 4.75. The lowest BCUT2D eigenvalue weighted by atomic mass is 9.82. The van der Waals surface area contributed by atoms with Crippen molar-refractivity contribution >= 4 is 0 Å². The molecule has 1 saturated heterocycles. The molecule has 1 heterocycles. The van der Waals surface area contributed by atoms with Crippen LogP contribution in [0.25, 0.3) is 0 Å². The number of rotatable bonds is 2. The summed E-state index contributed by atoms with van der Waals surface area (Å²) in [4.78, 5) is 0. The van der Waals surface area contributed by atoms with E-state index in [0.717, 1.165) is 11.8 Å². The summed E-state index contributed by atoms with van der Waals surface area (Å²) in [7, 11) is 0. The number of hydrogen-bond acceptors (Lipinski definition) is 1. The van der Waals surface area contributed by atoms with Crippen molar-refractivity contribution in [1.29, 1.82) is 0 Å². The molecule has 10 heavy (non-hydrogen) atoms. The van der Waals surface area contributed by atoms with Crippen LogP contribution < -0.4 is 5.32 Å². The molecule has 0 amide bonds. The Labute approximate surface area is 63.5 Å². The average Bonchev–Trinajstić information content (AvgIpc) is 1.78. The van der Waals surface area contributed by atoms with E-state index in [2.05, 4.69) is 38.2 Å². The minimum atomic E-state index is 0.657. The summed E-state index contributed by atoms with van der Waals surface area (Å²) in [5, 5.41) is 3.39. The predicted octanol–water partition coefficient (Wildman–Crippen LogP) is 1.81. The minimum absolute atomic E-state index is 0.657. The van der Waals surface area contributed by atoms with Gasteiger partial charge in [0.2, 0.25) is 0 Å². The highest BCUT2D eigenvalue weighted by molar-refractivity contribution is 5.03. The van der Waals surface area contributed by atoms with Crippen molar-refractivity contribution in [3.63, 3.8) is 0 Å². The van der Waals surface area contributed by atoms with Gasteiger partial charge in [-0.1, -0.05) is 26.0 Å². The van der Waals surface area contributed by atoms with Gasteiger partial charge in [-0.15, -0.1) is 0 Å². The monoisotopic (exact) mass is 139 g/mol. The minimum Gasteiger partial charge on any atom is -0.310 e. The van der Waals surface area contributed by atoms with Gasteiger partial charge in [0.15, 0.2) is 0 Å². The molecule has 1 rings (SSSR count). The van der Waals surface area contributed by atoms with Crippen LogP contribution in [-0.2, 0) is 0 Å². The van der Waals surface area contributed by atoms with Gasteiger partial charge in [-0.2, -0.15) is 0 Å². The van der Waals surface area contributed by atoms with Crippen molar-refractivity contribution in [3.05, 3.63) is 12.2 Å².